The van der Waals surface area contributed by atoms with Gasteiger partial charge in [-0.05, 0) is 19.4 Å². The molecule has 16 heavy (non-hydrogen) atoms. The Morgan fingerprint density at radius 3 is 2.62 bits per heavy atom. The van der Waals surface area contributed by atoms with Gasteiger partial charge in [0.05, 0.1) is 6.61 Å². The summed E-state index contributed by atoms with van der Waals surface area (Å²) in [7, 11) is 1.70. The Balaban J connectivity index is 3.51. The van der Waals surface area contributed by atoms with E-state index in [1.807, 2.05) is 13.8 Å². The summed E-state index contributed by atoms with van der Waals surface area (Å²) in [4.78, 5) is 0. The first-order chi connectivity index (χ1) is 7.54. The van der Waals surface area contributed by atoms with E-state index in [1.165, 1.54) is 0 Å². The zero-order valence-corrected chi connectivity index (χ0v) is 10.6. The van der Waals surface area contributed by atoms with E-state index in [1.54, 1.807) is 7.11 Å². The van der Waals surface area contributed by atoms with E-state index in [9.17, 15) is 0 Å². The van der Waals surface area contributed by atoms with Gasteiger partial charge >= 0.3 is 0 Å². The van der Waals surface area contributed by atoms with Gasteiger partial charge in [-0.2, -0.15) is 0 Å². The fraction of sp³-hybridized carbons (Fsp3) is 0.909. The molecular formula is C11H25N3O2. The maximum absolute atomic E-state index is 8.61. The molecule has 0 amide bonds. The summed E-state index contributed by atoms with van der Waals surface area (Å²) in [5, 5.41) is 14.9. The molecular weight excluding hydrogens is 206 g/mol. The minimum Gasteiger partial charge on any atom is -0.409 e. The van der Waals surface area contributed by atoms with E-state index in [0.717, 1.165) is 39.0 Å². The van der Waals surface area contributed by atoms with Crippen LogP contribution in [0.15, 0.2) is 5.16 Å². The van der Waals surface area contributed by atoms with Gasteiger partial charge in [0.15, 0.2) is 0 Å². The van der Waals surface area contributed by atoms with Crippen LogP contribution in [-0.4, -0.2) is 37.8 Å². The monoisotopic (exact) mass is 231 g/mol. The lowest BCUT2D eigenvalue weighted by Gasteiger charge is -2.22. The number of methoxy groups -OCH3 is 1. The minimum absolute atomic E-state index is 0.221. The van der Waals surface area contributed by atoms with Crippen LogP contribution in [0.4, 0.5) is 0 Å². The average molecular weight is 231 g/mol. The molecule has 0 spiro atoms. The van der Waals surface area contributed by atoms with Crippen molar-refractivity contribution in [3.05, 3.63) is 0 Å². The van der Waals surface area contributed by atoms with Gasteiger partial charge in [-0.1, -0.05) is 25.4 Å². The summed E-state index contributed by atoms with van der Waals surface area (Å²) in [6.07, 6.45) is 3.07. The molecule has 0 saturated carbocycles. The number of rotatable bonds is 9. The molecule has 5 heteroatoms. The molecule has 0 aliphatic heterocycles. The van der Waals surface area contributed by atoms with Crippen molar-refractivity contribution in [3.8, 4) is 0 Å². The lowest BCUT2D eigenvalue weighted by Crippen LogP contribution is -2.32. The van der Waals surface area contributed by atoms with Gasteiger partial charge in [0.1, 0.15) is 5.84 Å². The Morgan fingerprint density at radius 2 is 2.06 bits per heavy atom. The minimum atomic E-state index is -0.221. The van der Waals surface area contributed by atoms with Crippen molar-refractivity contribution < 1.29 is 9.94 Å². The third-order valence-corrected chi connectivity index (χ3v) is 2.69. The Bertz CT molecular complexity index is 205. The van der Waals surface area contributed by atoms with Gasteiger partial charge in [0.2, 0.25) is 0 Å². The number of nitrogens with two attached hydrogens (primary N) is 1. The van der Waals surface area contributed by atoms with Crippen molar-refractivity contribution in [2.24, 2.45) is 16.3 Å². The quantitative estimate of drug-likeness (QED) is 0.183. The lowest BCUT2D eigenvalue weighted by atomic mass is 9.86. The first kappa shape index (κ1) is 15.2. The number of amidine groups is 1. The van der Waals surface area contributed by atoms with E-state index in [0.29, 0.717) is 5.84 Å². The smallest absolute Gasteiger partial charge is 0.144 e. The highest BCUT2D eigenvalue weighted by atomic mass is 16.5. The molecule has 96 valence electrons. The highest BCUT2D eigenvalue weighted by Gasteiger charge is 2.22. The van der Waals surface area contributed by atoms with E-state index in [4.69, 9.17) is 15.7 Å². The number of ether oxygens (including phenoxy) is 1. The first-order valence-corrected chi connectivity index (χ1v) is 5.72. The topological polar surface area (TPSA) is 79.9 Å². The van der Waals surface area contributed by atoms with Crippen LogP contribution in [0.3, 0.4) is 0 Å². The molecule has 0 bridgehead atoms. The van der Waals surface area contributed by atoms with Crippen molar-refractivity contribution in [3.63, 3.8) is 0 Å². The molecule has 5 nitrogen and oxygen atoms in total. The fourth-order valence-electron chi connectivity index (χ4n) is 1.38. The maximum atomic E-state index is 8.61. The van der Waals surface area contributed by atoms with Gasteiger partial charge in [-0.15, -0.1) is 0 Å². The number of nitrogens with zero attached hydrogens (tertiary/aromatic N) is 1. The number of hydrogen-bond acceptors (Lipinski definition) is 4. The Labute approximate surface area is 98.0 Å². The molecule has 4 N–H and O–H groups in total. The standard InChI is InChI=1S/C11H25N3O2/c1-11(2,10(12)14-15)6-4-5-7-13-8-9-16-3/h13,15H,4-9H2,1-3H3,(H2,12,14). The molecule has 0 aromatic carbocycles. The van der Waals surface area contributed by atoms with Crippen LogP contribution < -0.4 is 11.1 Å². The second-order valence-corrected chi connectivity index (χ2v) is 4.57. The van der Waals surface area contributed by atoms with Crippen LogP contribution in [-0.2, 0) is 4.74 Å². The zero-order valence-electron chi connectivity index (χ0n) is 10.6. The highest BCUT2D eigenvalue weighted by Crippen LogP contribution is 2.22. The van der Waals surface area contributed by atoms with Crippen LogP contribution >= 0.6 is 0 Å². The Kier molecular flexibility index (Phi) is 7.93. The van der Waals surface area contributed by atoms with Gasteiger partial charge in [0, 0.05) is 19.1 Å². The van der Waals surface area contributed by atoms with E-state index >= 15 is 0 Å². The normalized spacial score (nSPS) is 13.1. The zero-order chi connectivity index (χ0) is 12.4. The molecule has 0 rings (SSSR count). The molecule has 0 aliphatic carbocycles. The molecule has 0 heterocycles. The maximum Gasteiger partial charge on any atom is 0.144 e. The van der Waals surface area contributed by atoms with Gasteiger partial charge in [-0.3, -0.25) is 0 Å². The SMILES string of the molecule is COCCNCCCCC(C)(C)C(N)=NO. The molecule has 0 saturated heterocycles. The van der Waals surface area contributed by atoms with Crippen LogP contribution in [0.1, 0.15) is 33.1 Å². The molecule has 0 aliphatic rings. The summed E-state index contributed by atoms with van der Waals surface area (Å²) >= 11 is 0. The molecule has 0 atom stereocenters. The average Bonchev–Trinajstić information content (AvgIpc) is 2.26. The largest absolute Gasteiger partial charge is 0.409 e. The van der Waals surface area contributed by atoms with Gasteiger partial charge in [0.25, 0.3) is 0 Å². The molecule has 0 aromatic rings. The van der Waals surface area contributed by atoms with Crippen LogP contribution in [0, 0.1) is 5.41 Å². The summed E-state index contributed by atoms with van der Waals surface area (Å²) < 4.78 is 4.93. The highest BCUT2D eigenvalue weighted by molar-refractivity contribution is 5.85. The number of hydrogen-bond donors (Lipinski definition) is 3. The second kappa shape index (κ2) is 8.35. The summed E-state index contributed by atoms with van der Waals surface area (Å²) in [5.41, 5.74) is 5.38. The van der Waals surface area contributed by atoms with Crippen LogP contribution in [0.2, 0.25) is 0 Å². The molecule has 0 unspecified atom stereocenters. The summed E-state index contributed by atoms with van der Waals surface area (Å²) in [6.45, 7) is 6.59. The number of nitrogens with one attached hydrogen (secondary N) is 1. The van der Waals surface area contributed by atoms with Gasteiger partial charge in [-0.25, -0.2) is 0 Å². The number of unbranched alkanes of at least 4 members (excludes halogenated alkanes) is 1. The van der Waals surface area contributed by atoms with E-state index < -0.39 is 0 Å². The van der Waals surface area contributed by atoms with Gasteiger partial charge < -0.3 is 21.0 Å². The van der Waals surface area contributed by atoms with Crippen molar-refractivity contribution in [2.75, 3.05) is 26.8 Å². The second-order valence-electron chi connectivity index (χ2n) is 4.57. The Morgan fingerprint density at radius 1 is 1.38 bits per heavy atom. The van der Waals surface area contributed by atoms with Crippen LogP contribution in [0.25, 0.3) is 0 Å². The third kappa shape index (κ3) is 6.63. The molecule has 0 radical (unpaired) electrons. The Hall–Kier alpha value is -0.810. The predicted octanol–water partition coefficient (Wildman–Crippen LogP) is 1.17. The van der Waals surface area contributed by atoms with Crippen molar-refractivity contribution in [2.45, 2.75) is 33.1 Å². The first-order valence-electron chi connectivity index (χ1n) is 5.72. The predicted molar refractivity (Wildman–Crippen MR) is 65.8 cm³/mol. The third-order valence-electron chi connectivity index (χ3n) is 2.69. The van der Waals surface area contributed by atoms with E-state index in [-0.39, 0.29) is 5.41 Å². The van der Waals surface area contributed by atoms with Crippen molar-refractivity contribution in [1.29, 1.82) is 0 Å². The number of oxime groups is 1. The summed E-state index contributed by atoms with van der Waals surface area (Å²) in [5.74, 6) is 0.305. The molecule has 0 aromatic heterocycles. The van der Waals surface area contributed by atoms with E-state index in [2.05, 4.69) is 10.5 Å². The summed E-state index contributed by atoms with van der Waals surface area (Å²) in [6, 6.07) is 0. The van der Waals surface area contributed by atoms with Crippen molar-refractivity contribution >= 4 is 5.84 Å². The lowest BCUT2D eigenvalue weighted by molar-refractivity contribution is 0.199. The van der Waals surface area contributed by atoms with Crippen LogP contribution in [0.5, 0.6) is 0 Å². The fourth-order valence-corrected chi connectivity index (χ4v) is 1.38. The van der Waals surface area contributed by atoms with Crippen molar-refractivity contribution in [1.82, 2.24) is 5.32 Å². The molecule has 0 fully saturated rings.